The predicted octanol–water partition coefficient (Wildman–Crippen LogP) is 1.07. The van der Waals surface area contributed by atoms with Crippen molar-refractivity contribution in [2.45, 2.75) is 38.8 Å². The van der Waals surface area contributed by atoms with Crippen LogP contribution in [0, 0.1) is 0 Å². The topological polar surface area (TPSA) is 70.1 Å². The summed E-state index contributed by atoms with van der Waals surface area (Å²) in [5, 5.41) is 0. The molecule has 0 bridgehead atoms. The van der Waals surface area contributed by atoms with Crippen LogP contribution in [0.4, 0.5) is 0 Å². The molecule has 0 amide bonds. The summed E-state index contributed by atoms with van der Waals surface area (Å²) in [5.74, 6) is 0.810. The summed E-state index contributed by atoms with van der Waals surface area (Å²) in [6.45, 7) is 5.99. The Hall–Kier alpha value is -1.36. The number of nitrogens with zero attached hydrogens (tertiary/aromatic N) is 2. The van der Waals surface area contributed by atoms with Crippen LogP contribution in [0.5, 0.6) is 0 Å². The Bertz CT molecular complexity index is 360. The highest BCUT2D eigenvalue weighted by molar-refractivity contribution is 5.75. The van der Waals surface area contributed by atoms with Gasteiger partial charge in [-0.1, -0.05) is 13.8 Å². The first-order chi connectivity index (χ1) is 7.49. The molecule has 16 heavy (non-hydrogen) atoms. The maximum Gasteiger partial charge on any atom is 0.324 e. The molecule has 90 valence electrons. The van der Waals surface area contributed by atoms with Crippen LogP contribution in [0.25, 0.3) is 0 Å². The second-order valence-corrected chi connectivity index (χ2v) is 4.14. The molecule has 5 nitrogen and oxygen atoms in total. The van der Waals surface area contributed by atoms with Crippen LogP contribution in [0.2, 0.25) is 0 Å². The van der Waals surface area contributed by atoms with E-state index in [1.54, 1.807) is 6.20 Å². The van der Waals surface area contributed by atoms with Crippen LogP contribution >= 0.6 is 0 Å². The second kappa shape index (κ2) is 5.12. The van der Waals surface area contributed by atoms with Crippen molar-refractivity contribution in [3.63, 3.8) is 0 Å². The number of rotatable bonds is 4. The van der Waals surface area contributed by atoms with E-state index >= 15 is 0 Å². The highest BCUT2D eigenvalue weighted by Crippen LogP contribution is 2.19. The number of hydrogen-bond donors (Lipinski definition) is 1. The molecule has 1 aromatic rings. The number of hydrogen-bond acceptors (Lipinski definition) is 4. The third-order valence-electron chi connectivity index (χ3n) is 2.65. The largest absolute Gasteiger partial charge is 0.468 e. The molecule has 2 atom stereocenters. The van der Waals surface area contributed by atoms with E-state index in [-0.39, 0.29) is 6.04 Å². The van der Waals surface area contributed by atoms with Crippen molar-refractivity contribution in [1.82, 2.24) is 9.55 Å². The fourth-order valence-corrected chi connectivity index (χ4v) is 1.62. The fraction of sp³-hybridized carbons (Fsp3) is 0.636. The smallest absolute Gasteiger partial charge is 0.324 e. The van der Waals surface area contributed by atoms with Crippen molar-refractivity contribution in [2.75, 3.05) is 7.11 Å². The first-order valence-electron chi connectivity index (χ1n) is 5.35. The van der Waals surface area contributed by atoms with Crippen molar-refractivity contribution in [2.24, 2.45) is 5.73 Å². The lowest BCUT2D eigenvalue weighted by Gasteiger charge is -2.22. The lowest BCUT2D eigenvalue weighted by molar-refractivity contribution is -0.143. The summed E-state index contributed by atoms with van der Waals surface area (Å²) >= 11 is 0. The van der Waals surface area contributed by atoms with E-state index in [9.17, 15) is 4.79 Å². The Morgan fingerprint density at radius 3 is 2.62 bits per heavy atom. The molecule has 0 saturated carbocycles. The first kappa shape index (κ1) is 12.7. The van der Waals surface area contributed by atoms with Crippen molar-refractivity contribution < 1.29 is 9.53 Å². The van der Waals surface area contributed by atoms with E-state index in [1.807, 2.05) is 17.7 Å². The molecular formula is C11H19N3O2. The number of methoxy groups -OCH3 is 1. The standard InChI is InChI=1S/C11H19N3O2/c1-7(2)10-13-5-6-14(10)8(3)9(12)11(15)16-4/h5-9H,12H2,1-4H3. The molecule has 1 aromatic heterocycles. The number of esters is 1. The van der Waals surface area contributed by atoms with E-state index in [2.05, 4.69) is 23.6 Å². The molecule has 0 aliphatic rings. The summed E-state index contributed by atoms with van der Waals surface area (Å²) in [6, 6.07) is -0.830. The monoisotopic (exact) mass is 225 g/mol. The van der Waals surface area contributed by atoms with Gasteiger partial charge in [0.25, 0.3) is 0 Å². The molecule has 1 rings (SSSR count). The van der Waals surface area contributed by atoms with Crippen molar-refractivity contribution in [1.29, 1.82) is 0 Å². The number of aromatic nitrogens is 2. The van der Waals surface area contributed by atoms with Crippen LogP contribution in [0.15, 0.2) is 12.4 Å². The summed E-state index contributed by atoms with van der Waals surface area (Å²) in [5.41, 5.74) is 5.81. The maximum absolute atomic E-state index is 11.3. The van der Waals surface area contributed by atoms with Crippen molar-refractivity contribution >= 4 is 5.97 Å². The Balaban J connectivity index is 2.91. The highest BCUT2D eigenvalue weighted by atomic mass is 16.5. The molecule has 0 fully saturated rings. The quantitative estimate of drug-likeness (QED) is 0.778. The number of ether oxygens (including phenoxy) is 1. The van der Waals surface area contributed by atoms with Gasteiger partial charge in [-0.25, -0.2) is 4.98 Å². The van der Waals surface area contributed by atoms with Crippen molar-refractivity contribution in [3.05, 3.63) is 18.2 Å². The van der Waals surface area contributed by atoms with Crippen molar-refractivity contribution in [3.8, 4) is 0 Å². The molecule has 0 aliphatic heterocycles. The summed E-state index contributed by atoms with van der Waals surface area (Å²) < 4.78 is 6.56. The van der Waals surface area contributed by atoms with Crippen LogP contribution in [0.3, 0.4) is 0 Å². The van der Waals surface area contributed by atoms with Gasteiger partial charge >= 0.3 is 5.97 Å². The lowest BCUT2D eigenvalue weighted by Crippen LogP contribution is -2.39. The van der Waals surface area contributed by atoms with Gasteiger partial charge < -0.3 is 15.0 Å². The second-order valence-electron chi connectivity index (χ2n) is 4.14. The minimum Gasteiger partial charge on any atom is -0.468 e. The summed E-state index contributed by atoms with van der Waals surface area (Å²) in [6.07, 6.45) is 3.55. The zero-order chi connectivity index (χ0) is 12.3. The van der Waals surface area contributed by atoms with Gasteiger partial charge in [0, 0.05) is 18.3 Å². The Morgan fingerprint density at radius 1 is 1.50 bits per heavy atom. The minimum atomic E-state index is -0.670. The number of nitrogens with two attached hydrogens (primary N) is 1. The third kappa shape index (κ3) is 2.41. The zero-order valence-electron chi connectivity index (χ0n) is 10.2. The Kier molecular flexibility index (Phi) is 4.06. The molecule has 0 aliphatic carbocycles. The summed E-state index contributed by atoms with van der Waals surface area (Å²) in [4.78, 5) is 15.6. The maximum atomic E-state index is 11.3. The number of carbonyl (C=O) groups excluding carboxylic acids is 1. The van der Waals surface area contributed by atoms with Gasteiger partial charge in [-0.2, -0.15) is 0 Å². The molecule has 0 spiro atoms. The van der Waals surface area contributed by atoms with E-state index in [4.69, 9.17) is 5.73 Å². The van der Waals surface area contributed by atoms with Crippen LogP contribution in [-0.2, 0) is 9.53 Å². The van der Waals surface area contributed by atoms with Crippen LogP contribution in [0.1, 0.15) is 38.6 Å². The summed E-state index contributed by atoms with van der Waals surface area (Å²) in [7, 11) is 1.34. The van der Waals surface area contributed by atoms with Gasteiger partial charge in [0.1, 0.15) is 11.9 Å². The third-order valence-corrected chi connectivity index (χ3v) is 2.65. The predicted molar refractivity (Wildman–Crippen MR) is 61.0 cm³/mol. The average molecular weight is 225 g/mol. The molecule has 2 N–H and O–H groups in total. The molecule has 0 radical (unpaired) electrons. The lowest BCUT2D eigenvalue weighted by atomic mass is 10.1. The van der Waals surface area contributed by atoms with Gasteiger partial charge in [0.05, 0.1) is 13.2 Å². The molecule has 1 heterocycles. The van der Waals surface area contributed by atoms with Gasteiger partial charge in [0.15, 0.2) is 0 Å². The SMILES string of the molecule is COC(=O)C(N)C(C)n1ccnc1C(C)C. The fourth-order valence-electron chi connectivity index (χ4n) is 1.62. The highest BCUT2D eigenvalue weighted by Gasteiger charge is 2.24. The Morgan fingerprint density at radius 2 is 2.12 bits per heavy atom. The number of imidazole rings is 1. The van der Waals surface area contributed by atoms with Gasteiger partial charge in [-0.15, -0.1) is 0 Å². The number of carbonyl (C=O) groups is 1. The van der Waals surface area contributed by atoms with Gasteiger partial charge in [-0.3, -0.25) is 4.79 Å². The normalized spacial score (nSPS) is 14.9. The average Bonchev–Trinajstić information content (AvgIpc) is 2.74. The molecule has 2 unspecified atom stereocenters. The van der Waals surface area contributed by atoms with E-state index in [0.29, 0.717) is 5.92 Å². The van der Waals surface area contributed by atoms with Crippen LogP contribution < -0.4 is 5.73 Å². The molecule has 0 aromatic carbocycles. The first-order valence-corrected chi connectivity index (χ1v) is 5.35. The van der Waals surface area contributed by atoms with E-state index in [1.165, 1.54) is 7.11 Å². The molecular weight excluding hydrogens is 206 g/mol. The Labute approximate surface area is 95.6 Å². The van der Waals surface area contributed by atoms with Crippen LogP contribution in [-0.4, -0.2) is 28.7 Å². The van der Waals surface area contributed by atoms with E-state index < -0.39 is 12.0 Å². The van der Waals surface area contributed by atoms with E-state index in [0.717, 1.165) is 5.82 Å². The zero-order valence-corrected chi connectivity index (χ0v) is 10.2. The van der Waals surface area contributed by atoms with Gasteiger partial charge in [-0.05, 0) is 6.92 Å². The van der Waals surface area contributed by atoms with Gasteiger partial charge in [0.2, 0.25) is 0 Å². The molecule has 5 heteroatoms. The molecule has 0 saturated heterocycles. The minimum absolute atomic E-state index is 0.160.